The maximum absolute atomic E-state index is 10.7. The topological polar surface area (TPSA) is 50.8 Å². The molecule has 0 aromatic carbocycles. The Hall–Kier alpha value is -0.810. The molecule has 5 nitrogen and oxygen atoms in total. The highest BCUT2D eigenvalue weighted by Crippen LogP contribution is 1.92. The van der Waals surface area contributed by atoms with Crippen molar-refractivity contribution >= 4 is 6.09 Å². The summed E-state index contributed by atoms with van der Waals surface area (Å²) in [4.78, 5) is 10.7. The van der Waals surface area contributed by atoms with Gasteiger partial charge in [0.1, 0.15) is 0 Å². The van der Waals surface area contributed by atoms with Crippen molar-refractivity contribution in [2.24, 2.45) is 0 Å². The predicted octanol–water partition coefficient (Wildman–Crippen LogP) is -0.410. The number of nitrogens with zero attached hydrogens (tertiary/aromatic N) is 1. The monoisotopic (exact) mass is 160 g/mol. The van der Waals surface area contributed by atoms with Crippen molar-refractivity contribution in [3.05, 3.63) is 0 Å². The molecule has 1 aliphatic heterocycles. The second kappa shape index (κ2) is 4.15. The van der Waals surface area contributed by atoms with Crippen LogP contribution >= 0.6 is 0 Å². The zero-order chi connectivity index (χ0) is 8.10. The number of hydrazine groups is 1. The molecule has 0 atom stereocenters. The quantitative estimate of drug-likeness (QED) is 0.566. The molecule has 0 aliphatic carbocycles. The lowest BCUT2D eigenvalue weighted by atomic mass is 10.5. The Balaban J connectivity index is 2.19. The van der Waals surface area contributed by atoms with Crippen molar-refractivity contribution in [3.63, 3.8) is 0 Å². The van der Waals surface area contributed by atoms with Crippen LogP contribution < -0.4 is 5.43 Å². The SMILES string of the molecule is COC(=O)NN1CCOCC1. The number of carbonyl (C=O) groups is 1. The molecular weight excluding hydrogens is 148 g/mol. The maximum Gasteiger partial charge on any atom is 0.421 e. The molecule has 5 heteroatoms. The van der Waals surface area contributed by atoms with Gasteiger partial charge in [0.05, 0.1) is 20.3 Å². The van der Waals surface area contributed by atoms with Crippen LogP contribution in [0.3, 0.4) is 0 Å². The zero-order valence-electron chi connectivity index (χ0n) is 6.50. The van der Waals surface area contributed by atoms with Gasteiger partial charge in [-0.15, -0.1) is 0 Å². The average Bonchev–Trinajstić information content (AvgIpc) is 2.06. The first kappa shape index (κ1) is 8.29. The molecule has 1 rings (SSSR count). The van der Waals surface area contributed by atoms with Gasteiger partial charge >= 0.3 is 6.09 Å². The Morgan fingerprint density at radius 3 is 2.73 bits per heavy atom. The van der Waals surface area contributed by atoms with Crippen LogP contribution in [-0.4, -0.2) is 44.5 Å². The highest BCUT2D eigenvalue weighted by molar-refractivity contribution is 5.66. The minimum absolute atomic E-state index is 0.424. The molecule has 0 spiro atoms. The summed E-state index contributed by atoms with van der Waals surface area (Å²) in [7, 11) is 1.34. The van der Waals surface area contributed by atoms with Gasteiger partial charge in [-0.2, -0.15) is 0 Å². The smallest absolute Gasteiger partial charge is 0.421 e. The Morgan fingerprint density at radius 2 is 2.18 bits per heavy atom. The lowest BCUT2D eigenvalue weighted by molar-refractivity contribution is 0.0123. The number of hydrogen-bond acceptors (Lipinski definition) is 4. The number of morpholine rings is 1. The summed E-state index contributed by atoms with van der Waals surface area (Å²) in [6.45, 7) is 2.75. The number of nitrogens with one attached hydrogen (secondary N) is 1. The molecular formula is C6H12N2O3. The highest BCUT2D eigenvalue weighted by Gasteiger charge is 2.12. The largest absolute Gasteiger partial charge is 0.452 e. The number of hydrogen-bond donors (Lipinski definition) is 1. The van der Waals surface area contributed by atoms with E-state index in [9.17, 15) is 4.79 Å². The second-order valence-corrected chi connectivity index (χ2v) is 2.20. The normalized spacial score (nSPS) is 19.4. The van der Waals surface area contributed by atoms with Crippen LogP contribution in [0.25, 0.3) is 0 Å². The van der Waals surface area contributed by atoms with Crippen LogP contribution in [0.1, 0.15) is 0 Å². The molecule has 64 valence electrons. The molecule has 1 fully saturated rings. The van der Waals surface area contributed by atoms with E-state index in [2.05, 4.69) is 10.2 Å². The van der Waals surface area contributed by atoms with Crippen LogP contribution in [-0.2, 0) is 9.47 Å². The van der Waals surface area contributed by atoms with Gasteiger partial charge in [0, 0.05) is 13.1 Å². The van der Waals surface area contributed by atoms with Gasteiger partial charge in [0.15, 0.2) is 0 Å². The van der Waals surface area contributed by atoms with Gasteiger partial charge in [-0.05, 0) is 0 Å². The first-order valence-corrected chi connectivity index (χ1v) is 3.50. The molecule has 0 unspecified atom stereocenters. The molecule has 1 heterocycles. The number of ether oxygens (including phenoxy) is 2. The van der Waals surface area contributed by atoms with Crippen LogP contribution in [0.2, 0.25) is 0 Å². The van der Waals surface area contributed by atoms with Crippen LogP contribution in [0.15, 0.2) is 0 Å². The summed E-state index contributed by atoms with van der Waals surface area (Å²) in [6, 6.07) is 0. The fourth-order valence-corrected chi connectivity index (χ4v) is 0.850. The third-order valence-electron chi connectivity index (χ3n) is 1.45. The molecule has 0 radical (unpaired) electrons. The van der Waals surface area contributed by atoms with E-state index < -0.39 is 6.09 Å². The van der Waals surface area contributed by atoms with Crippen molar-refractivity contribution in [3.8, 4) is 0 Å². The number of carbonyl (C=O) groups excluding carboxylic acids is 1. The van der Waals surface area contributed by atoms with Crippen molar-refractivity contribution in [1.82, 2.24) is 10.4 Å². The number of rotatable bonds is 1. The molecule has 1 saturated heterocycles. The van der Waals surface area contributed by atoms with Crippen molar-refractivity contribution in [2.45, 2.75) is 0 Å². The standard InChI is InChI=1S/C6H12N2O3/c1-10-6(9)7-8-2-4-11-5-3-8/h2-5H2,1H3,(H,7,9). The molecule has 1 aliphatic rings. The van der Waals surface area contributed by atoms with Crippen LogP contribution in [0.4, 0.5) is 4.79 Å². The third kappa shape index (κ3) is 2.73. The summed E-state index contributed by atoms with van der Waals surface area (Å²) in [5, 5.41) is 1.77. The number of amides is 1. The fraction of sp³-hybridized carbons (Fsp3) is 0.833. The van der Waals surface area contributed by atoms with Crippen molar-refractivity contribution in [2.75, 3.05) is 33.4 Å². The fourth-order valence-electron chi connectivity index (χ4n) is 0.850. The Morgan fingerprint density at radius 1 is 1.55 bits per heavy atom. The van der Waals surface area contributed by atoms with E-state index >= 15 is 0 Å². The van der Waals surface area contributed by atoms with E-state index in [-0.39, 0.29) is 0 Å². The molecule has 0 aromatic heterocycles. The zero-order valence-corrected chi connectivity index (χ0v) is 6.50. The van der Waals surface area contributed by atoms with Gasteiger partial charge in [-0.1, -0.05) is 0 Å². The van der Waals surface area contributed by atoms with Crippen LogP contribution in [0.5, 0.6) is 0 Å². The second-order valence-electron chi connectivity index (χ2n) is 2.20. The Labute approximate surface area is 65.2 Å². The summed E-state index contributed by atoms with van der Waals surface area (Å²) in [5.41, 5.74) is 2.56. The van der Waals surface area contributed by atoms with Gasteiger partial charge in [0.2, 0.25) is 0 Å². The van der Waals surface area contributed by atoms with E-state index in [1.807, 2.05) is 0 Å². The molecule has 0 bridgehead atoms. The molecule has 0 saturated carbocycles. The summed E-state index contributed by atoms with van der Waals surface area (Å²) in [5.74, 6) is 0. The first-order chi connectivity index (χ1) is 5.33. The molecule has 11 heavy (non-hydrogen) atoms. The predicted molar refractivity (Wildman–Crippen MR) is 37.9 cm³/mol. The van der Waals surface area contributed by atoms with Crippen LogP contribution in [0, 0.1) is 0 Å². The minimum Gasteiger partial charge on any atom is -0.452 e. The first-order valence-electron chi connectivity index (χ1n) is 3.50. The minimum atomic E-state index is -0.424. The Kier molecular flexibility index (Phi) is 3.13. The van der Waals surface area contributed by atoms with Gasteiger partial charge in [0.25, 0.3) is 0 Å². The van der Waals surface area contributed by atoms with E-state index in [0.29, 0.717) is 13.2 Å². The summed E-state index contributed by atoms with van der Waals surface area (Å²) < 4.78 is 9.50. The summed E-state index contributed by atoms with van der Waals surface area (Å²) in [6.07, 6.45) is -0.424. The van der Waals surface area contributed by atoms with Gasteiger partial charge in [-0.25, -0.2) is 9.80 Å². The third-order valence-corrected chi connectivity index (χ3v) is 1.45. The van der Waals surface area contributed by atoms with Crippen molar-refractivity contribution in [1.29, 1.82) is 0 Å². The summed E-state index contributed by atoms with van der Waals surface area (Å²) >= 11 is 0. The molecule has 0 aromatic rings. The van der Waals surface area contributed by atoms with E-state index in [0.717, 1.165) is 13.1 Å². The van der Waals surface area contributed by atoms with E-state index in [1.165, 1.54) is 7.11 Å². The van der Waals surface area contributed by atoms with E-state index in [1.54, 1.807) is 5.01 Å². The van der Waals surface area contributed by atoms with Gasteiger partial charge < -0.3 is 9.47 Å². The van der Waals surface area contributed by atoms with Gasteiger partial charge in [-0.3, -0.25) is 5.43 Å². The lowest BCUT2D eigenvalue weighted by Gasteiger charge is -2.25. The highest BCUT2D eigenvalue weighted by atomic mass is 16.5. The average molecular weight is 160 g/mol. The molecule has 1 N–H and O–H groups in total. The Bertz CT molecular complexity index is 134. The van der Waals surface area contributed by atoms with E-state index in [4.69, 9.17) is 4.74 Å². The number of methoxy groups -OCH3 is 1. The molecule has 1 amide bonds. The maximum atomic E-state index is 10.7. The lowest BCUT2D eigenvalue weighted by Crippen LogP contribution is -2.48. The van der Waals surface area contributed by atoms with Crippen molar-refractivity contribution < 1.29 is 14.3 Å².